The lowest BCUT2D eigenvalue weighted by molar-refractivity contribution is -0.162. The average Bonchev–Trinajstić information content (AvgIpc) is 2.65. The number of aliphatic hydroxyl groups excluding tert-OH is 1. The van der Waals surface area contributed by atoms with Crippen LogP contribution in [0.2, 0.25) is 0 Å². The van der Waals surface area contributed by atoms with Crippen LogP contribution < -0.4 is 0 Å². The summed E-state index contributed by atoms with van der Waals surface area (Å²) in [5.74, 6) is 0.755. The van der Waals surface area contributed by atoms with Crippen molar-refractivity contribution in [3.05, 3.63) is 23.8 Å². The van der Waals surface area contributed by atoms with Crippen molar-refractivity contribution in [2.45, 2.75) is 84.5 Å². The summed E-state index contributed by atoms with van der Waals surface area (Å²) in [6.07, 6.45) is 9.70. The number of hydrogen-bond acceptors (Lipinski definition) is 5. The number of fused-ring (bicyclic) bond motifs is 1. The Bertz CT molecular complexity index is 666. The van der Waals surface area contributed by atoms with E-state index in [-0.39, 0.29) is 42.4 Å². The van der Waals surface area contributed by atoms with Crippen LogP contribution in [0, 0.1) is 29.6 Å². The molecule has 1 aliphatic heterocycles. The fourth-order valence-electron chi connectivity index (χ4n) is 5.07. The molecule has 0 radical (unpaired) electrons. The number of allylic oxidation sites excluding steroid dienone is 3. The third-order valence-electron chi connectivity index (χ3n) is 6.93. The highest BCUT2D eigenvalue weighted by Gasteiger charge is 2.42. The summed E-state index contributed by atoms with van der Waals surface area (Å²) < 4.78 is 11.5. The van der Waals surface area contributed by atoms with Gasteiger partial charge in [0, 0.05) is 12.3 Å². The van der Waals surface area contributed by atoms with Crippen LogP contribution in [0.25, 0.3) is 0 Å². The van der Waals surface area contributed by atoms with Crippen LogP contribution in [0.3, 0.4) is 0 Å². The summed E-state index contributed by atoms with van der Waals surface area (Å²) in [5, 5.41) is 9.89. The summed E-state index contributed by atoms with van der Waals surface area (Å²) in [4.78, 5) is 24.2. The minimum atomic E-state index is -0.597. The van der Waals surface area contributed by atoms with Crippen LogP contribution in [-0.4, -0.2) is 35.4 Å². The normalized spacial score (nSPS) is 37.9. The molecular weight excluding hydrogens is 368 g/mol. The third-order valence-corrected chi connectivity index (χ3v) is 6.93. The molecule has 1 fully saturated rings. The van der Waals surface area contributed by atoms with Gasteiger partial charge in [-0.2, -0.15) is 0 Å². The van der Waals surface area contributed by atoms with Gasteiger partial charge in [0.05, 0.1) is 18.4 Å². The predicted octanol–water partition coefficient (Wildman–Crippen LogP) is 4.20. The maximum Gasteiger partial charge on any atom is 0.308 e. The van der Waals surface area contributed by atoms with Gasteiger partial charge in [-0.1, -0.05) is 45.9 Å². The number of rotatable bonds is 6. The Kier molecular flexibility index (Phi) is 7.20. The summed E-state index contributed by atoms with van der Waals surface area (Å²) in [7, 11) is 0. The van der Waals surface area contributed by atoms with Crippen LogP contribution in [-0.2, 0) is 19.1 Å². The second-order valence-corrected chi connectivity index (χ2v) is 9.36. The number of carbonyl (C=O) groups is 2. The molecule has 0 aromatic heterocycles. The molecule has 1 N–H and O–H groups in total. The van der Waals surface area contributed by atoms with E-state index in [9.17, 15) is 14.7 Å². The second-order valence-electron chi connectivity index (χ2n) is 9.36. The van der Waals surface area contributed by atoms with Crippen molar-refractivity contribution < 1.29 is 24.2 Å². The van der Waals surface area contributed by atoms with Crippen LogP contribution in [0.4, 0.5) is 0 Å². The van der Waals surface area contributed by atoms with Gasteiger partial charge < -0.3 is 14.6 Å². The number of aliphatic hydroxyl groups is 1. The van der Waals surface area contributed by atoms with Crippen LogP contribution in [0.5, 0.6) is 0 Å². The lowest BCUT2D eigenvalue weighted by Gasteiger charge is -2.43. The Balaban J connectivity index is 1.74. The van der Waals surface area contributed by atoms with Gasteiger partial charge in [-0.25, -0.2) is 0 Å². The zero-order valence-corrected chi connectivity index (χ0v) is 18.2. The van der Waals surface area contributed by atoms with Gasteiger partial charge in [-0.05, 0) is 49.0 Å². The molecule has 0 unspecified atom stereocenters. The molecule has 162 valence electrons. The van der Waals surface area contributed by atoms with Gasteiger partial charge in [0.25, 0.3) is 0 Å². The Morgan fingerprint density at radius 3 is 2.76 bits per heavy atom. The number of cyclic esters (lactones) is 1. The van der Waals surface area contributed by atoms with Gasteiger partial charge in [-0.3, -0.25) is 9.59 Å². The summed E-state index contributed by atoms with van der Waals surface area (Å²) >= 11 is 0. The first-order valence-corrected chi connectivity index (χ1v) is 11.3. The summed E-state index contributed by atoms with van der Waals surface area (Å²) in [6, 6.07) is 0. The van der Waals surface area contributed by atoms with Gasteiger partial charge in [0.15, 0.2) is 0 Å². The molecule has 0 aromatic carbocycles. The largest absolute Gasteiger partial charge is 0.462 e. The smallest absolute Gasteiger partial charge is 0.308 e. The highest BCUT2D eigenvalue weighted by Crippen LogP contribution is 2.45. The van der Waals surface area contributed by atoms with Crippen LogP contribution in [0.1, 0.15) is 66.2 Å². The van der Waals surface area contributed by atoms with Gasteiger partial charge in [0.2, 0.25) is 0 Å². The molecule has 0 amide bonds. The van der Waals surface area contributed by atoms with E-state index in [1.54, 1.807) is 0 Å². The predicted molar refractivity (Wildman–Crippen MR) is 111 cm³/mol. The molecule has 2 aliphatic carbocycles. The van der Waals surface area contributed by atoms with E-state index in [2.05, 4.69) is 32.1 Å². The van der Waals surface area contributed by atoms with E-state index in [4.69, 9.17) is 9.47 Å². The maximum atomic E-state index is 12.5. The van der Waals surface area contributed by atoms with E-state index in [0.717, 1.165) is 25.7 Å². The molecule has 0 spiro atoms. The van der Waals surface area contributed by atoms with Gasteiger partial charge >= 0.3 is 11.9 Å². The first-order valence-electron chi connectivity index (χ1n) is 11.3. The van der Waals surface area contributed by atoms with Crippen molar-refractivity contribution in [3.63, 3.8) is 0 Å². The zero-order valence-electron chi connectivity index (χ0n) is 18.2. The Hall–Kier alpha value is -1.62. The van der Waals surface area contributed by atoms with E-state index >= 15 is 0 Å². The fourth-order valence-corrected chi connectivity index (χ4v) is 5.07. The Morgan fingerprint density at radius 2 is 2.07 bits per heavy atom. The van der Waals surface area contributed by atoms with Crippen molar-refractivity contribution in [3.8, 4) is 0 Å². The molecule has 0 saturated carbocycles. The molecule has 5 heteroatoms. The van der Waals surface area contributed by atoms with E-state index < -0.39 is 6.10 Å². The van der Waals surface area contributed by atoms with Crippen molar-refractivity contribution >= 4 is 11.9 Å². The van der Waals surface area contributed by atoms with Crippen molar-refractivity contribution in [1.29, 1.82) is 0 Å². The van der Waals surface area contributed by atoms with Gasteiger partial charge in [-0.15, -0.1) is 0 Å². The van der Waals surface area contributed by atoms with Crippen molar-refractivity contribution in [2.24, 2.45) is 29.6 Å². The summed E-state index contributed by atoms with van der Waals surface area (Å²) in [6.45, 7) is 8.33. The molecule has 29 heavy (non-hydrogen) atoms. The van der Waals surface area contributed by atoms with Crippen molar-refractivity contribution in [1.82, 2.24) is 0 Å². The SMILES string of the molecule is CC[C@H](C)C(=O)O[C@H]1C[C@H](C)C=C2C=C[C@H](C)[C@H](CC[C@@H]3C[C@H](O)CC(=O)O3)[C@H]21. The van der Waals surface area contributed by atoms with E-state index in [1.807, 2.05) is 13.8 Å². The standard InChI is InChI=1S/C24H36O5/c1-5-15(3)24(27)29-21-11-14(2)10-17-7-6-16(4)20(23(17)21)9-8-19-12-18(25)13-22(26)28-19/h6-7,10,14-16,18-21,23,25H,5,8-9,11-13H2,1-4H3/t14-,15+,16+,18+,19-,20+,21+,23+/m1/s1. The Morgan fingerprint density at radius 1 is 1.31 bits per heavy atom. The minimum Gasteiger partial charge on any atom is -0.462 e. The second kappa shape index (κ2) is 9.46. The minimum absolute atomic E-state index is 0.0854. The van der Waals surface area contributed by atoms with Gasteiger partial charge in [0.1, 0.15) is 12.2 Å². The van der Waals surface area contributed by atoms with E-state index in [0.29, 0.717) is 24.2 Å². The fraction of sp³-hybridized carbons (Fsp3) is 0.750. The van der Waals surface area contributed by atoms with Crippen LogP contribution in [0.15, 0.2) is 23.8 Å². The Labute approximate surface area is 174 Å². The third kappa shape index (κ3) is 5.30. The highest BCUT2D eigenvalue weighted by atomic mass is 16.5. The average molecular weight is 405 g/mol. The topological polar surface area (TPSA) is 72.8 Å². The number of ether oxygens (including phenoxy) is 2. The molecule has 1 heterocycles. The molecule has 0 bridgehead atoms. The van der Waals surface area contributed by atoms with Crippen LogP contribution >= 0.6 is 0 Å². The first kappa shape index (κ1) is 22.1. The molecular formula is C24H36O5. The number of esters is 2. The molecule has 8 atom stereocenters. The zero-order chi connectivity index (χ0) is 21.1. The lowest BCUT2D eigenvalue weighted by atomic mass is 9.65. The molecule has 3 rings (SSSR count). The molecule has 5 nitrogen and oxygen atoms in total. The quantitative estimate of drug-likeness (QED) is 0.672. The van der Waals surface area contributed by atoms with E-state index in [1.165, 1.54) is 5.57 Å². The monoisotopic (exact) mass is 404 g/mol. The summed E-state index contributed by atoms with van der Waals surface area (Å²) in [5.41, 5.74) is 1.27. The highest BCUT2D eigenvalue weighted by molar-refractivity contribution is 5.72. The number of hydrogen-bond donors (Lipinski definition) is 1. The van der Waals surface area contributed by atoms with Crippen molar-refractivity contribution in [2.75, 3.05) is 0 Å². The number of carbonyl (C=O) groups excluding carboxylic acids is 2. The molecule has 0 aromatic rings. The maximum absolute atomic E-state index is 12.5. The molecule has 3 aliphatic rings. The lowest BCUT2D eigenvalue weighted by Crippen LogP contribution is -2.42. The first-order chi connectivity index (χ1) is 13.8. The molecule has 1 saturated heterocycles.